The van der Waals surface area contributed by atoms with E-state index in [1.807, 2.05) is 60.8 Å². The number of fused-ring (bicyclic) bond motifs is 2. The lowest BCUT2D eigenvalue weighted by Crippen LogP contribution is -2.65. The molecule has 0 aliphatic carbocycles. The molecule has 2 aliphatic rings. The average Bonchev–Trinajstić information content (AvgIpc) is 3.25. The average molecular weight is 460 g/mol. The summed E-state index contributed by atoms with van der Waals surface area (Å²) in [6.07, 6.45) is 3.96. The number of amides is 4. The Balaban J connectivity index is 1.24. The number of rotatable bonds is 6. The molecular formula is C26H29N5O3. The van der Waals surface area contributed by atoms with Crippen molar-refractivity contribution in [3.8, 4) is 0 Å². The van der Waals surface area contributed by atoms with Crippen molar-refractivity contribution >= 4 is 28.7 Å². The fourth-order valence-electron chi connectivity index (χ4n) is 5.11. The number of H-pyrrole nitrogens is 1. The van der Waals surface area contributed by atoms with Gasteiger partial charge in [0.15, 0.2) is 0 Å². The van der Waals surface area contributed by atoms with Gasteiger partial charge in [-0.1, -0.05) is 48.5 Å². The highest BCUT2D eigenvalue weighted by Crippen LogP contribution is 2.28. The van der Waals surface area contributed by atoms with Crippen LogP contribution in [0.25, 0.3) is 10.9 Å². The minimum absolute atomic E-state index is 0.196. The Morgan fingerprint density at radius 3 is 2.71 bits per heavy atom. The van der Waals surface area contributed by atoms with Crippen molar-refractivity contribution in [3.05, 3.63) is 71.9 Å². The van der Waals surface area contributed by atoms with Crippen LogP contribution in [0.5, 0.6) is 0 Å². The van der Waals surface area contributed by atoms with Crippen LogP contribution in [-0.4, -0.2) is 57.3 Å². The van der Waals surface area contributed by atoms with E-state index in [4.69, 9.17) is 5.73 Å². The van der Waals surface area contributed by atoms with E-state index < -0.39 is 6.04 Å². The molecule has 4 amide bonds. The lowest BCUT2D eigenvalue weighted by molar-refractivity contribution is -0.135. The quantitative estimate of drug-likeness (QED) is 0.526. The van der Waals surface area contributed by atoms with E-state index in [0.717, 1.165) is 28.5 Å². The molecule has 5 rings (SSSR count). The van der Waals surface area contributed by atoms with Crippen LogP contribution in [-0.2, 0) is 22.6 Å². The Morgan fingerprint density at radius 2 is 1.88 bits per heavy atom. The number of nitrogens with one attached hydrogen (secondary N) is 2. The second-order valence-corrected chi connectivity index (χ2v) is 9.14. The lowest BCUT2D eigenvalue weighted by atomic mass is 9.91. The third-order valence-corrected chi connectivity index (χ3v) is 6.90. The Bertz CT molecular complexity index is 1210. The molecule has 3 aromatic rings. The number of aromatic nitrogens is 1. The van der Waals surface area contributed by atoms with E-state index in [-0.39, 0.29) is 42.9 Å². The van der Waals surface area contributed by atoms with Gasteiger partial charge >= 0.3 is 6.03 Å². The van der Waals surface area contributed by atoms with Crippen LogP contribution in [0, 0.1) is 0 Å². The number of nitrogens with zero attached hydrogens (tertiary/aromatic N) is 2. The van der Waals surface area contributed by atoms with Gasteiger partial charge in [-0.25, -0.2) is 4.79 Å². The molecule has 0 bridgehead atoms. The van der Waals surface area contributed by atoms with Gasteiger partial charge in [0.1, 0.15) is 0 Å². The van der Waals surface area contributed by atoms with E-state index in [1.54, 1.807) is 4.90 Å². The number of para-hydroxylation sites is 1. The maximum atomic E-state index is 13.2. The number of urea groups is 1. The van der Waals surface area contributed by atoms with Crippen molar-refractivity contribution in [2.75, 3.05) is 6.54 Å². The molecule has 3 atom stereocenters. The summed E-state index contributed by atoms with van der Waals surface area (Å²) in [5.74, 6) is -0.469. The first-order valence-electron chi connectivity index (χ1n) is 11.8. The lowest BCUT2D eigenvalue weighted by Gasteiger charge is -2.46. The van der Waals surface area contributed by atoms with Gasteiger partial charge in [-0.2, -0.15) is 0 Å². The molecule has 2 aromatic carbocycles. The van der Waals surface area contributed by atoms with Crippen molar-refractivity contribution in [1.29, 1.82) is 0 Å². The van der Waals surface area contributed by atoms with Gasteiger partial charge in [-0.05, 0) is 36.5 Å². The third-order valence-electron chi connectivity index (χ3n) is 6.90. The first-order chi connectivity index (χ1) is 16.5. The highest BCUT2D eigenvalue weighted by molar-refractivity contribution is 5.97. The normalized spacial score (nSPS) is 21.4. The van der Waals surface area contributed by atoms with Crippen LogP contribution in [0.15, 0.2) is 60.8 Å². The molecule has 2 fully saturated rings. The summed E-state index contributed by atoms with van der Waals surface area (Å²) >= 11 is 0. The maximum absolute atomic E-state index is 13.2. The maximum Gasteiger partial charge on any atom is 0.327 e. The SMILES string of the molecule is N[C@@H](Cc1c[nH]c2ccccc12)C(=O)N[C@H]1CCCN2C(=O)N(Cc3ccccc3)C(=O)C[C@@H]12. The molecule has 1 aromatic heterocycles. The molecule has 8 heteroatoms. The van der Waals surface area contributed by atoms with Gasteiger partial charge in [0.2, 0.25) is 11.8 Å². The predicted molar refractivity (Wildman–Crippen MR) is 129 cm³/mol. The van der Waals surface area contributed by atoms with Crippen molar-refractivity contribution < 1.29 is 14.4 Å². The molecular weight excluding hydrogens is 430 g/mol. The minimum Gasteiger partial charge on any atom is -0.361 e. The summed E-state index contributed by atoms with van der Waals surface area (Å²) in [4.78, 5) is 45.3. The zero-order valence-electron chi connectivity index (χ0n) is 18.9. The van der Waals surface area contributed by atoms with E-state index in [2.05, 4.69) is 10.3 Å². The van der Waals surface area contributed by atoms with Gasteiger partial charge in [-0.15, -0.1) is 0 Å². The second-order valence-electron chi connectivity index (χ2n) is 9.14. The fraction of sp³-hybridized carbons (Fsp3) is 0.346. The summed E-state index contributed by atoms with van der Waals surface area (Å²) in [5, 5.41) is 4.10. The highest BCUT2D eigenvalue weighted by Gasteiger charge is 2.44. The summed E-state index contributed by atoms with van der Waals surface area (Å²) in [6.45, 7) is 0.837. The predicted octanol–water partition coefficient (Wildman–Crippen LogP) is 2.54. The number of carbonyl (C=O) groups is 3. The molecule has 0 spiro atoms. The van der Waals surface area contributed by atoms with Crippen LogP contribution in [0.3, 0.4) is 0 Å². The van der Waals surface area contributed by atoms with Crippen molar-refractivity contribution in [2.24, 2.45) is 5.73 Å². The van der Waals surface area contributed by atoms with Gasteiger partial charge < -0.3 is 20.9 Å². The second kappa shape index (κ2) is 9.30. The van der Waals surface area contributed by atoms with Crippen molar-refractivity contribution in [1.82, 2.24) is 20.1 Å². The van der Waals surface area contributed by atoms with Crippen LogP contribution in [0.2, 0.25) is 0 Å². The zero-order valence-corrected chi connectivity index (χ0v) is 18.9. The van der Waals surface area contributed by atoms with Gasteiger partial charge in [-0.3, -0.25) is 14.5 Å². The van der Waals surface area contributed by atoms with Gasteiger partial charge in [0.25, 0.3) is 0 Å². The largest absolute Gasteiger partial charge is 0.361 e. The topological polar surface area (TPSA) is 112 Å². The number of benzene rings is 2. The number of piperidine rings is 1. The molecule has 34 heavy (non-hydrogen) atoms. The monoisotopic (exact) mass is 459 g/mol. The number of carbonyl (C=O) groups excluding carboxylic acids is 3. The Labute approximate surface area is 198 Å². The smallest absolute Gasteiger partial charge is 0.327 e. The molecule has 176 valence electrons. The number of hydrogen-bond acceptors (Lipinski definition) is 4. The zero-order chi connectivity index (χ0) is 23.7. The standard InChI is InChI=1S/C26H29N5O3/c27-20(13-18-15-28-21-10-5-4-9-19(18)21)25(33)29-22-11-6-12-30-23(22)14-24(32)31(26(30)34)16-17-7-2-1-3-8-17/h1-5,7-10,15,20,22-23,28H,6,11-14,16,27H2,(H,29,33)/t20-,22-,23-/m0/s1. The van der Waals surface area contributed by atoms with E-state index >= 15 is 0 Å². The van der Waals surface area contributed by atoms with E-state index in [0.29, 0.717) is 19.4 Å². The Kier molecular flexibility index (Phi) is 6.06. The molecule has 4 N–H and O–H groups in total. The van der Waals surface area contributed by atoms with Crippen LogP contribution < -0.4 is 11.1 Å². The first-order valence-corrected chi connectivity index (χ1v) is 11.8. The van der Waals surface area contributed by atoms with Gasteiger partial charge in [0, 0.05) is 36.1 Å². The van der Waals surface area contributed by atoms with Crippen LogP contribution in [0.1, 0.15) is 30.4 Å². The van der Waals surface area contributed by atoms with Crippen molar-refractivity contribution in [3.63, 3.8) is 0 Å². The number of imide groups is 1. The highest BCUT2D eigenvalue weighted by atomic mass is 16.2. The van der Waals surface area contributed by atoms with E-state index in [1.165, 1.54) is 4.90 Å². The number of aromatic amines is 1. The Morgan fingerprint density at radius 1 is 1.12 bits per heavy atom. The fourth-order valence-corrected chi connectivity index (χ4v) is 5.11. The first kappa shape index (κ1) is 22.2. The summed E-state index contributed by atoms with van der Waals surface area (Å²) in [6, 6.07) is 15.8. The minimum atomic E-state index is -0.723. The van der Waals surface area contributed by atoms with Crippen LogP contribution in [0.4, 0.5) is 4.79 Å². The molecule has 2 saturated heterocycles. The molecule has 0 saturated carbocycles. The van der Waals surface area contributed by atoms with Gasteiger partial charge in [0.05, 0.1) is 18.6 Å². The summed E-state index contributed by atoms with van der Waals surface area (Å²) < 4.78 is 0. The van der Waals surface area contributed by atoms with Crippen LogP contribution >= 0.6 is 0 Å². The Hall–Kier alpha value is -3.65. The molecule has 0 unspecified atom stereocenters. The number of hydrogen-bond donors (Lipinski definition) is 3. The summed E-state index contributed by atoms with van der Waals surface area (Å²) in [7, 11) is 0. The summed E-state index contributed by atoms with van der Waals surface area (Å²) in [5.41, 5.74) is 9.17. The van der Waals surface area contributed by atoms with E-state index in [9.17, 15) is 14.4 Å². The number of nitrogens with two attached hydrogens (primary N) is 1. The third kappa shape index (κ3) is 4.28. The van der Waals surface area contributed by atoms with Crippen molar-refractivity contribution in [2.45, 2.75) is 50.4 Å². The molecule has 8 nitrogen and oxygen atoms in total. The molecule has 2 aliphatic heterocycles. The molecule has 3 heterocycles. The molecule has 0 radical (unpaired) electrons.